The molecule has 1 unspecified atom stereocenters. The van der Waals surface area contributed by atoms with Crippen molar-refractivity contribution in [2.45, 2.75) is 32.8 Å². The number of aliphatic hydroxyl groups is 2. The first-order valence-electron chi connectivity index (χ1n) is 10.1. The van der Waals surface area contributed by atoms with E-state index in [9.17, 15) is 15.0 Å². The molecule has 1 aliphatic rings. The van der Waals surface area contributed by atoms with Gasteiger partial charge in [-0.1, -0.05) is 23.7 Å². The van der Waals surface area contributed by atoms with Crippen LogP contribution in [0.25, 0.3) is 0 Å². The van der Waals surface area contributed by atoms with Gasteiger partial charge in [0.15, 0.2) is 11.5 Å². The number of aryl methyl sites for hydroxylation is 1. The van der Waals surface area contributed by atoms with E-state index in [-0.39, 0.29) is 31.7 Å². The zero-order valence-corrected chi connectivity index (χ0v) is 19.3. The monoisotopic (exact) mass is 477 g/mol. The molecular formula is C21H24ClN5O4S. The number of aliphatic hydroxyl groups excluding tert-OH is 2. The number of ether oxygens (including phenoxy) is 1. The number of aromatic nitrogens is 3. The lowest BCUT2D eigenvalue weighted by Gasteiger charge is -2.38. The van der Waals surface area contributed by atoms with E-state index < -0.39 is 6.35 Å². The molecule has 11 heteroatoms. The molecule has 170 valence electrons. The van der Waals surface area contributed by atoms with Gasteiger partial charge in [-0.25, -0.2) is 4.98 Å². The molecule has 0 fully saturated rings. The van der Waals surface area contributed by atoms with Crippen LogP contribution >= 0.6 is 22.9 Å². The minimum atomic E-state index is -1.19. The average molecular weight is 478 g/mol. The Balaban J connectivity index is 1.72. The quantitative estimate of drug-likeness (QED) is 0.513. The van der Waals surface area contributed by atoms with Gasteiger partial charge in [0.25, 0.3) is 11.9 Å². The van der Waals surface area contributed by atoms with Crippen LogP contribution in [-0.2, 0) is 13.2 Å². The first-order chi connectivity index (χ1) is 15.4. The number of carbonyl (C=O) groups excluding carboxylic acids is 1. The Morgan fingerprint density at radius 1 is 1.28 bits per heavy atom. The number of anilines is 1. The summed E-state index contributed by atoms with van der Waals surface area (Å²) in [5, 5.41) is 21.3. The lowest BCUT2D eigenvalue weighted by molar-refractivity contribution is 0.00112. The number of nitrogens with zero attached hydrogens (tertiary/aromatic N) is 5. The summed E-state index contributed by atoms with van der Waals surface area (Å²) in [4.78, 5) is 26.1. The van der Waals surface area contributed by atoms with Crippen LogP contribution in [0.1, 0.15) is 32.4 Å². The summed E-state index contributed by atoms with van der Waals surface area (Å²) in [6, 6.07) is 7.57. The zero-order valence-electron chi connectivity index (χ0n) is 17.7. The van der Waals surface area contributed by atoms with Crippen LogP contribution < -0.4 is 9.64 Å². The summed E-state index contributed by atoms with van der Waals surface area (Å²) < 4.78 is 7.69. The fourth-order valence-electron chi connectivity index (χ4n) is 3.52. The molecule has 9 nitrogen and oxygen atoms in total. The summed E-state index contributed by atoms with van der Waals surface area (Å²) in [6.07, 6.45) is 0.945. The number of imidazole rings is 1. The van der Waals surface area contributed by atoms with Crippen molar-refractivity contribution in [3.63, 3.8) is 0 Å². The van der Waals surface area contributed by atoms with E-state index in [1.807, 2.05) is 19.1 Å². The molecule has 2 aromatic heterocycles. The molecule has 1 atom stereocenters. The fraction of sp³-hybridized carbons (Fsp3) is 0.381. The number of carbonyl (C=O) groups is 1. The molecule has 4 rings (SSSR count). The molecule has 0 saturated heterocycles. The fourth-order valence-corrected chi connectivity index (χ4v) is 4.34. The summed E-state index contributed by atoms with van der Waals surface area (Å²) in [5.41, 5.74) is 1.23. The molecule has 3 aromatic rings. The van der Waals surface area contributed by atoms with Gasteiger partial charge in [-0.3, -0.25) is 14.3 Å². The van der Waals surface area contributed by atoms with E-state index in [0.29, 0.717) is 29.5 Å². The topological polar surface area (TPSA) is 104 Å². The summed E-state index contributed by atoms with van der Waals surface area (Å²) in [7, 11) is 1.66. The van der Waals surface area contributed by atoms with Gasteiger partial charge in [0.05, 0.1) is 6.54 Å². The molecule has 32 heavy (non-hydrogen) atoms. The van der Waals surface area contributed by atoms with Crippen LogP contribution in [-0.4, -0.2) is 62.1 Å². The second-order valence-electron chi connectivity index (χ2n) is 7.47. The molecule has 0 bridgehead atoms. The maximum absolute atomic E-state index is 13.3. The van der Waals surface area contributed by atoms with Gasteiger partial charge >= 0.3 is 0 Å². The first kappa shape index (κ1) is 22.5. The summed E-state index contributed by atoms with van der Waals surface area (Å²) in [6.45, 7) is 2.63. The Kier molecular flexibility index (Phi) is 6.66. The summed E-state index contributed by atoms with van der Waals surface area (Å²) >= 11 is 7.55. The van der Waals surface area contributed by atoms with Crippen LogP contribution in [0.3, 0.4) is 0 Å². The number of hydrogen-bond acceptors (Lipinski definition) is 8. The average Bonchev–Trinajstić information content (AvgIpc) is 3.36. The van der Waals surface area contributed by atoms with Crippen LogP contribution in [0, 0.1) is 6.92 Å². The minimum Gasteiger partial charge on any atom is -0.457 e. The SMILES string of the molecule is Cc1cnc(COc2nc3c(n2Cc2ccc(Cl)cc2)C(=O)N(CCCO)C(O)N3C)s1. The highest BCUT2D eigenvalue weighted by Crippen LogP contribution is 2.33. The van der Waals surface area contributed by atoms with Crippen LogP contribution in [0.15, 0.2) is 30.5 Å². The van der Waals surface area contributed by atoms with E-state index in [1.165, 1.54) is 21.1 Å². The highest BCUT2D eigenvalue weighted by Gasteiger charge is 2.40. The van der Waals surface area contributed by atoms with Crippen LogP contribution in [0.2, 0.25) is 5.02 Å². The van der Waals surface area contributed by atoms with Crippen LogP contribution in [0.5, 0.6) is 6.01 Å². The third-order valence-electron chi connectivity index (χ3n) is 5.14. The van der Waals surface area contributed by atoms with Gasteiger partial charge in [0.2, 0.25) is 6.35 Å². The number of hydrogen-bond donors (Lipinski definition) is 2. The van der Waals surface area contributed by atoms with Gasteiger partial charge < -0.3 is 19.8 Å². The largest absolute Gasteiger partial charge is 0.457 e. The molecule has 3 heterocycles. The number of amides is 1. The van der Waals surface area contributed by atoms with Crippen LogP contribution in [0.4, 0.5) is 5.82 Å². The Morgan fingerprint density at radius 3 is 2.69 bits per heavy atom. The van der Waals surface area contributed by atoms with Crippen molar-refractivity contribution in [1.82, 2.24) is 19.4 Å². The number of thiazole rings is 1. The van der Waals surface area contributed by atoms with Crippen molar-refractivity contribution < 1.29 is 19.7 Å². The lowest BCUT2D eigenvalue weighted by Crippen LogP contribution is -2.54. The highest BCUT2D eigenvalue weighted by molar-refractivity contribution is 7.11. The molecule has 2 N–H and O–H groups in total. The summed E-state index contributed by atoms with van der Waals surface area (Å²) in [5.74, 6) is -0.0394. The van der Waals surface area contributed by atoms with E-state index in [1.54, 1.807) is 29.9 Å². The standard InChI is InChI=1S/C21H24ClN5O4S/c1-13-10-23-16(32-13)12-31-20-24-18-17(27(20)11-14-4-6-15(22)7-5-14)19(29)26(8-3-9-28)21(30)25(18)2/h4-7,10,21,28,30H,3,8-9,11-12H2,1-2H3. The highest BCUT2D eigenvalue weighted by atomic mass is 35.5. The number of benzene rings is 1. The number of fused-ring (bicyclic) bond motifs is 1. The van der Waals surface area contributed by atoms with Crippen molar-refractivity contribution >= 4 is 34.7 Å². The number of rotatable bonds is 8. The molecule has 1 aliphatic heterocycles. The van der Waals surface area contributed by atoms with Gasteiger partial charge in [0.1, 0.15) is 11.6 Å². The molecule has 1 aromatic carbocycles. The Morgan fingerprint density at radius 2 is 2.03 bits per heavy atom. The Labute approximate surface area is 194 Å². The van der Waals surface area contributed by atoms with Gasteiger partial charge in [-0.05, 0) is 31.0 Å². The van der Waals surface area contributed by atoms with E-state index >= 15 is 0 Å². The predicted octanol–water partition coefficient (Wildman–Crippen LogP) is 2.48. The van der Waals surface area contributed by atoms with E-state index in [4.69, 9.17) is 16.3 Å². The third-order valence-corrected chi connectivity index (χ3v) is 6.28. The van der Waals surface area contributed by atoms with Gasteiger partial charge in [-0.15, -0.1) is 11.3 Å². The predicted molar refractivity (Wildman–Crippen MR) is 121 cm³/mol. The molecule has 0 spiro atoms. The molecule has 0 aliphatic carbocycles. The van der Waals surface area contributed by atoms with E-state index in [0.717, 1.165) is 15.4 Å². The van der Waals surface area contributed by atoms with Gasteiger partial charge in [-0.2, -0.15) is 4.98 Å². The van der Waals surface area contributed by atoms with Crippen molar-refractivity contribution in [3.05, 3.63) is 56.6 Å². The number of halogens is 1. The van der Waals surface area contributed by atoms with Gasteiger partial charge in [0, 0.05) is 36.3 Å². The molecule has 0 radical (unpaired) electrons. The molecule has 1 amide bonds. The molecule has 0 saturated carbocycles. The second-order valence-corrected chi connectivity index (χ2v) is 9.22. The normalized spacial score (nSPS) is 15.9. The maximum atomic E-state index is 13.3. The Bertz CT molecular complexity index is 1100. The van der Waals surface area contributed by atoms with E-state index in [2.05, 4.69) is 9.97 Å². The first-order valence-corrected chi connectivity index (χ1v) is 11.3. The lowest BCUT2D eigenvalue weighted by atomic mass is 10.2. The second kappa shape index (κ2) is 9.45. The smallest absolute Gasteiger partial charge is 0.299 e. The molecular weight excluding hydrogens is 454 g/mol. The van der Waals surface area contributed by atoms with Crippen molar-refractivity contribution in [1.29, 1.82) is 0 Å². The minimum absolute atomic E-state index is 0.0846. The third kappa shape index (κ3) is 4.44. The Hall–Kier alpha value is -2.66. The van der Waals surface area contributed by atoms with Crippen molar-refractivity contribution in [3.8, 4) is 6.01 Å². The maximum Gasteiger partial charge on any atom is 0.299 e. The van der Waals surface area contributed by atoms with Crippen molar-refractivity contribution in [2.75, 3.05) is 25.1 Å². The van der Waals surface area contributed by atoms with Crippen molar-refractivity contribution in [2.24, 2.45) is 0 Å². The zero-order chi connectivity index (χ0) is 22.8.